The first kappa shape index (κ1) is 19.4. The molecule has 1 atom stereocenters. The molecular formula is C24H28N4O. The molecule has 2 aromatic heterocycles. The molecule has 0 aliphatic carbocycles. The first-order chi connectivity index (χ1) is 14.3. The Balaban J connectivity index is 1.66. The van der Waals surface area contributed by atoms with Gasteiger partial charge in [0, 0.05) is 37.2 Å². The SMILES string of the molecule is CCCC1CCCN(C(=O)c2cn(-c3ccccc3)nc2-c2cccnc2)CC1. The van der Waals surface area contributed by atoms with Crippen LogP contribution in [-0.4, -0.2) is 38.7 Å². The second-order valence-corrected chi connectivity index (χ2v) is 7.79. The number of hydrogen-bond acceptors (Lipinski definition) is 3. The van der Waals surface area contributed by atoms with E-state index >= 15 is 0 Å². The highest BCUT2D eigenvalue weighted by molar-refractivity contribution is 5.99. The van der Waals surface area contributed by atoms with Gasteiger partial charge in [-0.1, -0.05) is 38.0 Å². The zero-order valence-electron chi connectivity index (χ0n) is 17.0. The number of pyridine rings is 1. The fourth-order valence-electron chi connectivity index (χ4n) is 4.20. The number of carbonyl (C=O) groups excluding carboxylic acids is 1. The van der Waals surface area contributed by atoms with Gasteiger partial charge in [-0.15, -0.1) is 0 Å². The van der Waals surface area contributed by atoms with Crippen molar-refractivity contribution in [3.63, 3.8) is 0 Å². The maximum Gasteiger partial charge on any atom is 0.257 e. The number of nitrogens with zero attached hydrogens (tertiary/aromatic N) is 4. The minimum absolute atomic E-state index is 0.0724. The number of aromatic nitrogens is 3. The van der Waals surface area contributed by atoms with Crippen LogP contribution in [0.2, 0.25) is 0 Å². The van der Waals surface area contributed by atoms with Crippen LogP contribution in [0.25, 0.3) is 16.9 Å². The Bertz CT molecular complexity index is 936. The maximum absolute atomic E-state index is 13.5. The van der Waals surface area contributed by atoms with Gasteiger partial charge in [0.05, 0.1) is 11.3 Å². The average Bonchev–Trinajstić information content (AvgIpc) is 3.09. The van der Waals surface area contributed by atoms with E-state index in [0.29, 0.717) is 11.3 Å². The van der Waals surface area contributed by atoms with E-state index in [1.54, 1.807) is 17.1 Å². The van der Waals surface area contributed by atoms with Crippen LogP contribution in [0.1, 0.15) is 49.4 Å². The van der Waals surface area contributed by atoms with Gasteiger partial charge in [0.2, 0.25) is 0 Å². The van der Waals surface area contributed by atoms with E-state index in [2.05, 4.69) is 11.9 Å². The van der Waals surface area contributed by atoms with Crippen LogP contribution in [0.3, 0.4) is 0 Å². The van der Waals surface area contributed by atoms with Crippen LogP contribution < -0.4 is 0 Å². The Morgan fingerprint density at radius 3 is 2.72 bits per heavy atom. The van der Waals surface area contributed by atoms with E-state index in [1.807, 2.05) is 53.6 Å². The predicted molar refractivity (Wildman–Crippen MR) is 115 cm³/mol. The number of hydrogen-bond donors (Lipinski definition) is 0. The number of para-hydroxylation sites is 1. The summed E-state index contributed by atoms with van der Waals surface area (Å²) in [5, 5.41) is 4.76. The first-order valence-electron chi connectivity index (χ1n) is 10.6. The summed E-state index contributed by atoms with van der Waals surface area (Å²) in [7, 11) is 0. The van der Waals surface area contributed by atoms with Crippen LogP contribution in [-0.2, 0) is 0 Å². The Kier molecular flexibility index (Phi) is 6.03. The quantitative estimate of drug-likeness (QED) is 0.620. The predicted octanol–water partition coefficient (Wildman–Crippen LogP) is 4.98. The normalized spacial score (nSPS) is 17.1. The molecule has 5 heteroatoms. The highest BCUT2D eigenvalue weighted by Gasteiger charge is 2.26. The molecular weight excluding hydrogens is 360 g/mol. The van der Waals surface area contributed by atoms with Crippen LogP contribution in [0.4, 0.5) is 0 Å². The number of likely N-dealkylation sites (tertiary alicyclic amines) is 1. The van der Waals surface area contributed by atoms with Crippen LogP contribution in [0.5, 0.6) is 0 Å². The molecule has 1 fully saturated rings. The van der Waals surface area contributed by atoms with Gasteiger partial charge in [-0.05, 0) is 49.4 Å². The summed E-state index contributed by atoms with van der Waals surface area (Å²) in [6, 6.07) is 13.8. The molecule has 1 saturated heterocycles. The topological polar surface area (TPSA) is 51.0 Å². The maximum atomic E-state index is 13.5. The van der Waals surface area contributed by atoms with Crippen molar-refractivity contribution in [2.75, 3.05) is 13.1 Å². The Labute approximate surface area is 172 Å². The van der Waals surface area contributed by atoms with Gasteiger partial charge in [0.25, 0.3) is 5.91 Å². The van der Waals surface area contributed by atoms with Gasteiger partial charge < -0.3 is 4.90 Å². The number of amides is 1. The molecule has 0 saturated carbocycles. The molecule has 29 heavy (non-hydrogen) atoms. The lowest BCUT2D eigenvalue weighted by Gasteiger charge is -2.20. The van der Waals surface area contributed by atoms with E-state index in [1.165, 1.54) is 19.3 Å². The standard InChI is InChI=1S/C24H28N4O/c1-2-8-19-9-7-15-27(16-13-19)24(29)22-18-28(21-11-4-3-5-12-21)26-23(22)20-10-6-14-25-17-20/h3-6,10-12,14,17-19H,2,7-9,13,15-16H2,1H3. The van der Waals surface area contributed by atoms with E-state index in [9.17, 15) is 4.79 Å². The van der Waals surface area contributed by atoms with E-state index in [0.717, 1.165) is 43.1 Å². The minimum Gasteiger partial charge on any atom is -0.339 e. The zero-order chi connectivity index (χ0) is 20.1. The van der Waals surface area contributed by atoms with Crippen molar-refractivity contribution in [1.82, 2.24) is 19.7 Å². The summed E-state index contributed by atoms with van der Waals surface area (Å²) in [4.78, 5) is 19.8. The number of rotatable bonds is 5. The van der Waals surface area contributed by atoms with Crippen molar-refractivity contribution in [2.45, 2.75) is 39.0 Å². The second kappa shape index (κ2) is 9.03. The molecule has 1 aliphatic rings. The second-order valence-electron chi connectivity index (χ2n) is 7.79. The van der Waals surface area contributed by atoms with Gasteiger partial charge >= 0.3 is 0 Å². The molecule has 3 aromatic rings. The van der Waals surface area contributed by atoms with Crippen molar-refractivity contribution < 1.29 is 4.79 Å². The molecule has 0 bridgehead atoms. The van der Waals surface area contributed by atoms with E-state index < -0.39 is 0 Å². The van der Waals surface area contributed by atoms with Crippen molar-refractivity contribution in [2.24, 2.45) is 5.92 Å². The fourth-order valence-corrected chi connectivity index (χ4v) is 4.20. The van der Waals surface area contributed by atoms with Gasteiger partial charge in [0.1, 0.15) is 5.69 Å². The minimum atomic E-state index is 0.0724. The summed E-state index contributed by atoms with van der Waals surface area (Å²) in [6.45, 7) is 3.89. The number of carbonyl (C=O) groups is 1. The lowest BCUT2D eigenvalue weighted by molar-refractivity contribution is 0.0760. The van der Waals surface area contributed by atoms with Crippen molar-refractivity contribution in [3.05, 3.63) is 66.6 Å². The summed E-state index contributed by atoms with van der Waals surface area (Å²) >= 11 is 0. The average molecular weight is 389 g/mol. The lowest BCUT2D eigenvalue weighted by Crippen LogP contribution is -2.32. The van der Waals surface area contributed by atoms with Crippen LogP contribution in [0, 0.1) is 5.92 Å². The summed E-state index contributed by atoms with van der Waals surface area (Å²) in [5.41, 5.74) is 3.15. The summed E-state index contributed by atoms with van der Waals surface area (Å²) in [5.74, 6) is 0.811. The molecule has 3 heterocycles. The van der Waals surface area contributed by atoms with Gasteiger partial charge in [0.15, 0.2) is 0 Å². The molecule has 5 nitrogen and oxygen atoms in total. The number of benzene rings is 1. The van der Waals surface area contributed by atoms with E-state index in [-0.39, 0.29) is 5.91 Å². The highest BCUT2D eigenvalue weighted by Crippen LogP contribution is 2.27. The monoisotopic (exact) mass is 388 g/mol. The smallest absolute Gasteiger partial charge is 0.257 e. The van der Waals surface area contributed by atoms with Gasteiger partial charge in [-0.25, -0.2) is 4.68 Å². The zero-order valence-corrected chi connectivity index (χ0v) is 17.0. The van der Waals surface area contributed by atoms with Crippen molar-refractivity contribution >= 4 is 5.91 Å². The third kappa shape index (κ3) is 4.39. The summed E-state index contributed by atoms with van der Waals surface area (Å²) in [6.07, 6.45) is 11.2. The molecule has 150 valence electrons. The molecule has 0 spiro atoms. The highest BCUT2D eigenvalue weighted by atomic mass is 16.2. The first-order valence-corrected chi connectivity index (χ1v) is 10.6. The Hall–Kier alpha value is -2.95. The molecule has 1 amide bonds. The Morgan fingerprint density at radius 2 is 1.97 bits per heavy atom. The van der Waals surface area contributed by atoms with Gasteiger partial charge in [-0.3, -0.25) is 9.78 Å². The molecule has 4 rings (SSSR count). The van der Waals surface area contributed by atoms with Crippen molar-refractivity contribution in [1.29, 1.82) is 0 Å². The Morgan fingerprint density at radius 1 is 1.10 bits per heavy atom. The van der Waals surface area contributed by atoms with Crippen LogP contribution >= 0.6 is 0 Å². The van der Waals surface area contributed by atoms with E-state index in [4.69, 9.17) is 5.10 Å². The van der Waals surface area contributed by atoms with Gasteiger partial charge in [-0.2, -0.15) is 5.10 Å². The summed E-state index contributed by atoms with van der Waals surface area (Å²) < 4.78 is 1.80. The lowest BCUT2D eigenvalue weighted by atomic mass is 9.96. The largest absolute Gasteiger partial charge is 0.339 e. The molecule has 1 unspecified atom stereocenters. The van der Waals surface area contributed by atoms with Crippen molar-refractivity contribution in [3.8, 4) is 16.9 Å². The molecule has 0 N–H and O–H groups in total. The molecule has 1 aromatic carbocycles. The third-order valence-corrected chi connectivity index (χ3v) is 5.73. The fraction of sp³-hybridized carbons (Fsp3) is 0.375. The molecule has 0 radical (unpaired) electrons. The molecule has 1 aliphatic heterocycles. The van der Waals surface area contributed by atoms with Crippen LogP contribution in [0.15, 0.2) is 61.1 Å². The third-order valence-electron chi connectivity index (χ3n) is 5.73.